The second-order valence-corrected chi connectivity index (χ2v) is 3.76. The predicted molar refractivity (Wildman–Crippen MR) is 51.2 cm³/mol. The van der Waals surface area contributed by atoms with E-state index in [0.717, 1.165) is 24.8 Å². The standard InChI is InChI=1S/C12H10O/c13-11-6-9-3-1-2-8-4-5-10(7-11)12(8)9/h1,3,6-7H,2,4-5H2. The Balaban J connectivity index is 2.23. The lowest BCUT2D eigenvalue weighted by Crippen LogP contribution is -2.04. The van der Waals surface area contributed by atoms with Crippen molar-refractivity contribution < 1.29 is 4.79 Å². The number of ketones is 1. The van der Waals surface area contributed by atoms with E-state index in [1.807, 2.05) is 0 Å². The van der Waals surface area contributed by atoms with Gasteiger partial charge < -0.3 is 0 Å². The van der Waals surface area contributed by atoms with Gasteiger partial charge in [0.2, 0.25) is 0 Å². The minimum Gasteiger partial charge on any atom is -0.290 e. The number of carbonyl (C=O) groups is 1. The Morgan fingerprint density at radius 1 is 1.15 bits per heavy atom. The van der Waals surface area contributed by atoms with Crippen molar-refractivity contribution in [1.29, 1.82) is 0 Å². The Labute approximate surface area is 77.1 Å². The van der Waals surface area contributed by atoms with Crippen molar-refractivity contribution in [2.75, 3.05) is 0 Å². The van der Waals surface area contributed by atoms with Crippen LogP contribution in [0, 0.1) is 0 Å². The van der Waals surface area contributed by atoms with Crippen LogP contribution >= 0.6 is 0 Å². The molecule has 0 bridgehead atoms. The Bertz CT molecular complexity index is 416. The quantitative estimate of drug-likeness (QED) is 0.545. The fraction of sp³-hybridized carbons (Fsp3) is 0.250. The van der Waals surface area contributed by atoms with E-state index >= 15 is 0 Å². The summed E-state index contributed by atoms with van der Waals surface area (Å²) in [5, 5.41) is 0. The maximum atomic E-state index is 11.3. The second kappa shape index (κ2) is 2.32. The van der Waals surface area contributed by atoms with E-state index in [1.165, 1.54) is 16.7 Å². The normalized spacial score (nSPS) is 24.5. The summed E-state index contributed by atoms with van der Waals surface area (Å²) < 4.78 is 0. The zero-order chi connectivity index (χ0) is 8.84. The number of hydrogen-bond acceptors (Lipinski definition) is 1. The van der Waals surface area contributed by atoms with Crippen molar-refractivity contribution >= 4 is 5.78 Å². The average molecular weight is 170 g/mol. The van der Waals surface area contributed by atoms with Crippen LogP contribution in [0.2, 0.25) is 0 Å². The van der Waals surface area contributed by atoms with Gasteiger partial charge in [0.15, 0.2) is 5.78 Å². The summed E-state index contributed by atoms with van der Waals surface area (Å²) in [6.45, 7) is 0. The van der Waals surface area contributed by atoms with Gasteiger partial charge in [-0.2, -0.15) is 0 Å². The van der Waals surface area contributed by atoms with Gasteiger partial charge in [-0.1, -0.05) is 17.7 Å². The lowest BCUT2D eigenvalue weighted by molar-refractivity contribution is -0.110. The molecule has 0 unspecified atom stereocenters. The van der Waals surface area contributed by atoms with E-state index in [1.54, 1.807) is 12.2 Å². The van der Waals surface area contributed by atoms with Gasteiger partial charge in [-0.15, -0.1) is 0 Å². The highest BCUT2D eigenvalue weighted by atomic mass is 16.1. The molecule has 0 spiro atoms. The van der Waals surface area contributed by atoms with Crippen LogP contribution in [0.5, 0.6) is 0 Å². The number of hydrogen-bond donors (Lipinski definition) is 0. The number of allylic oxidation sites excluding steroid dienone is 8. The van der Waals surface area contributed by atoms with Crippen LogP contribution in [-0.2, 0) is 4.79 Å². The molecule has 1 heteroatoms. The number of rotatable bonds is 0. The largest absolute Gasteiger partial charge is 0.290 e. The molecule has 3 aliphatic carbocycles. The molecule has 0 radical (unpaired) electrons. The molecular weight excluding hydrogens is 160 g/mol. The van der Waals surface area contributed by atoms with Crippen molar-refractivity contribution in [3.63, 3.8) is 0 Å². The van der Waals surface area contributed by atoms with E-state index in [9.17, 15) is 4.79 Å². The first kappa shape index (κ1) is 7.07. The molecule has 0 N–H and O–H groups in total. The van der Waals surface area contributed by atoms with Crippen molar-refractivity contribution in [3.8, 4) is 0 Å². The highest BCUT2D eigenvalue weighted by Crippen LogP contribution is 2.42. The van der Waals surface area contributed by atoms with Gasteiger partial charge >= 0.3 is 0 Å². The Morgan fingerprint density at radius 3 is 3.00 bits per heavy atom. The minimum absolute atomic E-state index is 0.154. The Kier molecular flexibility index (Phi) is 1.26. The SMILES string of the molecule is O=C1C=C2C=CCC3=C2C(=C1)CC3. The summed E-state index contributed by atoms with van der Waals surface area (Å²) in [5.41, 5.74) is 5.30. The Hall–Kier alpha value is -1.37. The van der Waals surface area contributed by atoms with Gasteiger partial charge in [-0.3, -0.25) is 4.79 Å². The van der Waals surface area contributed by atoms with Crippen molar-refractivity contribution in [1.82, 2.24) is 0 Å². The molecule has 0 saturated heterocycles. The van der Waals surface area contributed by atoms with Gasteiger partial charge in [0.1, 0.15) is 0 Å². The topological polar surface area (TPSA) is 17.1 Å². The lowest BCUT2D eigenvalue weighted by Gasteiger charge is -2.16. The first-order valence-corrected chi connectivity index (χ1v) is 4.70. The third-order valence-electron chi connectivity index (χ3n) is 2.94. The average Bonchev–Trinajstić information content (AvgIpc) is 2.50. The molecule has 0 heterocycles. The van der Waals surface area contributed by atoms with Crippen LogP contribution in [0.15, 0.2) is 46.6 Å². The fourth-order valence-electron chi connectivity index (χ4n) is 2.40. The molecule has 3 aliphatic rings. The third kappa shape index (κ3) is 0.902. The zero-order valence-corrected chi connectivity index (χ0v) is 7.34. The van der Waals surface area contributed by atoms with Crippen LogP contribution in [0.25, 0.3) is 0 Å². The van der Waals surface area contributed by atoms with Crippen LogP contribution in [0.3, 0.4) is 0 Å². The van der Waals surface area contributed by atoms with Crippen molar-refractivity contribution in [2.24, 2.45) is 0 Å². The molecule has 0 atom stereocenters. The van der Waals surface area contributed by atoms with E-state index < -0.39 is 0 Å². The Morgan fingerprint density at radius 2 is 2.08 bits per heavy atom. The van der Waals surface area contributed by atoms with Crippen LogP contribution in [0.1, 0.15) is 19.3 Å². The van der Waals surface area contributed by atoms with Crippen molar-refractivity contribution in [3.05, 3.63) is 46.6 Å². The number of carbonyl (C=O) groups excluding carboxylic acids is 1. The third-order valence-corrected chi connectivity index (χ3v) is 2.94. The fourth-order valence-corrected chi connectivity index (χ4v) is 2.40. The predicted octanol–water partition coefficient (Wildman–Crippen LogP) is 2.47. The van der Waals surface area contributed by atoms with E-state index in [4.69, 9.17) is 0 Å². The maximum Gasteiger partial charge on any atom is 0.179 e. The molecule has 1 nitrogen and oxygen atoms in total. The van der Waals surface area contributed by atoms with Gasteiger partial charge in [0, 0.05) is 0 Å². The molecule has 0 saturated carbocycles. The molecule has 64 valence electrons. The maximum absolute atomic E-state index is 11.3. The van der Waals surface area contributed by atoms with Crippen LogP contribution in [0.4, 0.5) is 0 Å². The molecule has 0 aromatic heterocycles. The lowest BCUT2D eigenvalue weighted by atomic mass is 9.88. The molecule has 0 aromatic rings. The first-order valence-electron chi connectivity index (χ1n) is 4.70. The first-order chi connectivity index (χ1) is 6.34. The van der Waals surface area contributed by atoms with E-state index in [-0.39, 0.29) is 5.78 Å². The highest BCUT2D eigenvalue weighted by Gasteiger charge is 2.26. The van der Waals surface area contributed by atoms with Crippen LogP contribution in [-0.4, -0.2) is 5.78 Å². The van der Waals surface area contributed by atoms with Gasteiger partial charge in [-0.05, 0) is 48.1 Å². The van der Waals surface area contributed by atoms with Crippen molar-refractivity contribution in [2.45, 2.75) is 19.3 Å². The smallest absolute Gasteiger partial charge is 0.179 e. The summed E-state index contributed by atoms with van der Waals surface area (Å²) in [5.74, 6) is 0.154. The molecular formula is C12H10O. The zero-order valence-electron chi connectivity index (χ0n) is 7.34. The molecule has 3 rings (SSSR count). The van der Waals surface area contributed by atoms with E-state index in [2.05, 4.69) is 12.2 Å². The molecule has 0 amide bonds. The molecule has 0 aliphatic heterocycles. The molecule has 0 fully saturated rings. The molecule has 13 heavy (non-hydrogen) atoms. The van der Waals surface area contributed by atoms with Gasteiger partial charge in [0.05, 0.1) is 0 Å². The van der Waals surface area contributed by atoms with Gasteiger partial charge in [0.25, 0.3) is 0 Å². The summed E-state index contributed by atoms with van der Waals surface area (Å²) in [6.07, 6.45) is 11.1. The summed E-state index contributed by atoms with van der Waals surface area (Å²) >= 11 is 0. The second-order valence-electron chi connectivity index (χ2n) is 3.76. The summed E-state index contributed by atoms with van der Waals surface area (Å²) in [7, 11) is 0. The van der Waals surface area contributed by atoms with E-state index in [0.29, 0.717) is 0 Å². The van der Waals surface area contributed by atoms with Gasteiger partial charge in [-0.25, -0.2) is 0 Å². The highest BCUT2D eigenvalue weighted by molar-refractivity contribution is 6.04. The van der Waals surface area contributed by atoms with Crippen LogP contribution < -0.4 is 0 Å². The monoisotopic (exact) mass is 170 g/mol. The summed E-state index contributed by atoms with van der Waals surface area (Å²) in [4.78, 5) is 11.3. The minimum atomic E-state index is 0.154. The summed E-state index contributed by atoms with van der Waals surface area (Å²) in [6, 6.07) is 0. The molecule has 0 aromatic carbocycles.